The second kappa shape index (κ2) is 28.3. The number of hydrogen-bond acceptors (Lipinski definition) is 8. The zero-order valence-electron chi connectivity index (χ0n) is 34.3. The van der Waals surface area contributed by atoms with Crippen LogP contribution in [0, 0.1) is 0 Å². The van der Waals surface area contributed by atoms with E-state index in [2.05, 4.69) is 27.7 Å². The smallest absolute Gasteiger partial charge is 0.306 e. The maximum absolute atomic E-state index is 12.8. The maximum Gasteiger partial charge on any atom is 0.306 e. The number of carbonyl (C=O) groups excluding carboxylic acids is 2. The summed E-state index contributed by atoms with van der Waals surface area (Å²) in [6, 6.07) is 13.5. The van der Waals surface area contributed by atoms with Gasteiger partial charge in [-0.15, -0.1) is 0 Å². The van der Waals surface area contributed by atoms with E-state index >= 15 is 0 Å². The first-order valence-corrected chi connectivity index (χ1v) is 21.7. The molecule has 0 heterocycles. The zero-order chi connectivity index (χ0) is 39.5. The molecule has 0 bridgehead atoms. The second-order valence-electron chi connectivity index (χ2n) is 14.6. The van der Waals surface area contributed by atoms with E-state index in [1.807, 2.05) is 42.5 Å². The number of fused-ring (bicyclic) bond motifs is 2. The second-order valence-corrected chi connectivity index (χ2v) is 15.1. The largest absolute Gasteiger partial charge is 0.488 e. The van der Waals surface area contributed by atoms with Crippen LogP contribution >= 0.6 is 11.6 Å². The summed E-state index contributed by atoms with van der Waals surface area (Å²) in [5, 5.41) is 3.79. The highest BCUT2D eigenvalue weighted by atomic mass is 35.5. The van der Waals surface area contributed by atoms with Crippen molar-refractivity contribution < 1.29 is 38.0 Å². The molecule has 55 heavy (non-hydrogen) atoms. The first-order chi connectivity index (χ1) is 26.9. The molecule has 308 valence electrons. The van der Waals surface area contributed by atoms with Crippen molar-refractivity contribution in [2.45, 2.75) is 155 Å². The van der Waals surface area contributed by atoms with Crippen LogP contribution < -0.4 is 9.47 Å². The molecule has 0 fully saturated rings. The third kappa shape index (κ3) is 17.7. The molecule has 8 nitrogen and oxygen atoms in total. The molecular weight excluding hydrogens is 716 g/mol. The van der Waals surface area contributed by atoms with Crippen molar-refractivity contribution in [3.63, 3.8) is 0 Å². The fourth-order valence-electron chi connectivity index (χ4n) is 6.54. The van der Waals surface area contributed by atoms with E-state index < -0.39 is 12.2 Å². The van der Waals surface area contributed by atoms with Gasteiger partial charge in [-0.25, -0.2) is 0 Å². The number of rotatable bonds is 32. The van der Waals surface area contributed by atoms with E-state index in [9.17, 15) is 9.59 Å². The average molecular weight is 786 g/mol. The fourth-order valence-corrected chi connectivity index (χ4v) is 6.71. The van der Waals surface area contributed by atoms with E-state index in [4.69, 9.17) is 40.0 Å². The summed E-state index contributed by atoms with van der Waals surface area (Å²) in [5.41, 5.74) is 0. The van der Waals surface area contributed by atoms with Crippen LogP contribution in [0.5, 0.6) is 11.5 Å². The van der Waals surface area contributed by atoms with Gasteiger partial charge < -0.3 is 28.4 Å². The average Bonchev–Trinajstić information content (AvgIpc) is 3.18. The van der Waals surface area contributed by atoms with Crippen LogP contribution in [-0.4, -0.2) is 63.8 Å². The first kappa shape index (κ1) is 46.3. The molecule has 0 radical (unpaired) electrons. The maximum atomic E-state index is 12.8. The minimum absolute atomic E-state index is 0.118. The van der Waals surface area contributed by atoms with Crippen molar-refractivity contribution in [2.24, 2.45) is 0 Å². The van der Waals surface area contributed by atoms with Gasteiger partial charge in [0, 0.05) is 52.6 Å². The van der Waals surface area contributed by atoms with Gasteiger partial charge in [-0.05, 0) is 43.9 Å². The van der Waals surface area contributed by atoms with Gasteiger partial charge in [-0.3, -0.25) is 9.59 Å². The topological polar surface area (TPSA) is 89.5 Å². The van der Waals surface area contributed by atoms with Gasteiger partial charge >= 0.3 is 11.9 Å². The lowest BCUT2D eigenvalue weighted by molar-refractivity contribution is -0.155. The Morgan fingerprint density at radius 2 is 0.927 bits per heavy atom. The van der Waals surface area contributed by atoms with Crippen LogP contribution in [0.1, 0.15) is 143 Å². The first-order valence-electron chi connectivity index (χ1n) is 21.4. The van der Waals surface area contributed by atoms with Crippen LogP contribution in [0.3, 0.4) is 0 Å². The molecule has 0 spiro atoms. The third-order valence-electron chi connectivity index (χ3n) is 9.67. The Bertz CT molecular complexity index is 1510. The third-order valence-corrected chi connectivity index (χ3v) is 9.91. The van der Waals surface area contributed by atoms with Gasteiger partial charge in [0.1, 0.15) is 24.7 Å². The Labute approximate surface area is 336 Å². The number of hydrogen-bond donors (Lipinski definition) is 0. The Morgan fingerprint density at radius 1 is 0.509 bits per heavy atom. The molecule has 0 amide bonds. The summed E-state index contributed by atoms with van der Waals surface area (Å²) in [6.07, 6.45) is 16.6. The van der Waals surface area contributed by atoms with Gasteiger partial charge in [-0.2, -0.15) is 0 Å². The van der Waals surface area contributed by atoms with E-state index in [1.165, 1.54) is 38.5 Å². The van der Waals surface area contributed by atoms with Gasteiger partial charge in [0.25, 0.3) is 0 Å². The Morgan fingerprint density at radius 3 is 1.40 bits per heavy atom. The standard InChI is InChI=1S/C46H69ClO8/c1-5-9-13-15-21-29-50-32-37(54-43(48)25-17-11-7-3)34-52-45-39-23-19-20-24-40(39)46(42-31-36(47)27-28-41(42)45)53-35-38(55-44(49)26-18-12-8-4)33-51-30-22-16-14-10-6-2/h19-20,23-24,27-28,31,37-38H,5-18,21-22,25-26,29-30,32-35H2,1-4H3. The SMILES string of the molecule is CCCCCCCOCC(COc1c2ccccc2c(OCC(COCCCCCCC)OC(=O)CCCCC)c2cc(Cl)ccc12)OC(=O)CCCCC. The summed E-state index contributed by atoms with van der Waals surface area (Å²) < 4.78 is 37.1. The van der Waals surface area contributed by atoms with Crippen molar-refractivity contribution in [2.75, 3.05) is 39.6 Å². The van der Waals surface area contributed by atoms with Crippen LogP contribution in [0.2, 0.25) is 5.02 Å². The predicted molar refractivity (Wildman–Crippen MR) is 225 cm³/mol. The lowest BCUT2D eigenvalue weighted by Crippen LogP contribution is -2.30. The van der Waals surface area contributed by atoms with Crippen LogP contribution in [0.15, 0.2) is 42.5 Å². The van der Waals surface area contributed by atoms with Crippen LogP contribution in [0.4, 0.5) is 0 Å². The highest BCUT2D eigenvalue weighted by molar-refractivity contribution is 6.31. The molecule has 0 saturated carbocycles. The van der Waals surface area contributed by atoms with Crippen molar-refractivity contribution in [3.8, 4) is 11.5 Å². The summed E-state index contributed by atoms with van der Waals surface area (Å²) in [5.74, 6) is 0.792. The number of halogens is 1. The van der Waals surface area contributed by atoms with Crippen LogP contribution in [-0.2, 0) is 28.5 Å². The highest BCUT2D eigenvalue weighted by Crippen LogP contribution is 2.44. The lowest BCUT2D eigenvalue weighted by Gasteiger charge is -2.23. The highest BCUT2D eigenvalue weighted by Gasteiger charge is 2.23. The zero-order valence-corrected chi connectivity index (χ0v) is 35.1. The molecule has 0 aliphatic carbocycles. The Hall–Kier alpha value is -3.07. The number of ether oxygens (including phenoxy) is 6. The van der Waals surface area contributed by atoms with Crippen molar-refractivity contribution in [3.05, 3.63) is 47.5 Å². The Kier molecular flexibility index (Phi) is 23.9. The molecule has 0 aromatic heterocycles. The molecule has 0 N–H and O–H groups in total. The van der Waals surface area contributed by atoms with Gasteiger partial charge in [0.2, 0.25) is 0 Å². The van der Waals surface area contributed by atoms with E-state index in [-0.39, 0.29) is 38.4 Å². The molecular formula is C46H69ClO8. The molecule has 0 aliphatic heterocycles. The quantitative estimate of drug-likeness (QED) is 0.0351. The van der Waals surface area contributed by atoms with E-state index in [0.717, 1.165) is 85.8 Å². The molecule has 3 aromatic rings. The minimum atomic E-state index is -0.576. The van der Waals surface area contributed by atoms with Gasteiger partial charge in [0.05, 0.1) is 13.2 Å². The van der Waals surface area contributed by atoms with Gasteiger partial charge in [-0.1, -0.05) is 141 Å². The molecule has 0 saturated heterocycles. The molecule has 2 unspecified atom stereocenters. The van der Waals surface area contributed by atoms with Gasteiger partial charge in [0.15, 0.2) is 12.2 Å². The molecule has 9 heteroatoms. The summed E-state index contributed by atoms with van der Waals surface area (Å²) in [7, 11) is 0. The predicted octanol–water partition coefficient (Wildman–Crippen LogP) is 12.4. The Balaban J connectivity index is 1.84. The summed E-state index contributed by atoms with van der Waals surface area (Å²) in [6.45, 7) is 10.6. The molecule has 0 aliphatic rings. The van der Waals surface area contributed by atoms with Crippen molar-refractivity contribution >= 4 is 45.1 Å². The van der Waals surface area contributed by atoms with Crippen LogP contribution in [0.25, 0.3) is 21.5 Å². The number of unbranched alkanes of at least 4 members (excludes halogenated alkanes) is 12. The number of benzene rings is 3. The fraction of sp³-hybridized carbons (Fsp3) is 0.652. The molecule has 3 aromatic carbocycles. The van der Waals surface area contributed by atoms with E-state index in [1.54, 1.807) is 0 Å². The van der Waals surface area contributed by atoms with Crippen molar-refractivity contribution in [1.29, 1.82) is 0 Å². The summed E-state index contributed by atoms with van der Waals surface area (Å²) >= 11 is 6.60. The summed E-state index contributed by atoms with van der Waals surface area (Å²) in [4.78, 5) is 25.7. The number of carbonyl (C=O) groups is 2. The lowest BCUT2D eigenvalue weighted by atomic mass is 10.0. The minimum Gasteiger partial charge on any atom is -0.488 e. The molecule has 3 rings (SSSR count). The van der Waals surface area contributed by atoms with Crippen molar-refractivity contribution in [1.82, 2.24) is 0 Å². The van der Waals surface area contributed by atoms with E-state index in [0.29, 0.717) is 42.6 Å². The number of esters is 2. The normalized spacial score (nSPS) is 12.5. The molecule has 2 atom stereocenters. The monoisotopic (exact) mass is 784 g/mol.